The van der Waals surface area contributed by atoms with Crippen LogP contribution < -0.4 is 11.3 Å². The molecule has 11 heavy (non-hydrogen) atoms. The summed E-state index contributed by atoms with van der Waals surface area (Å²) in [5, 5.41) is 0. The lowest BCUT2D eigenvalue weighted by molar-refractivity contribution is 0.728. The molecule has 0 aromatic rings. The minimum Gasteiger partial charge on any atom is -0.324 e. The molecule has 1 rings (SSSR count). The molecule has 2 unspecified atom stereocenters. The summed E-state index contributed by atoms with van der Waals surface area (Å²) in [6, 6.07) is 0. The maximum atomic E-state index is 5.24. The summed E-state index contributed by atoms with van der Waals surface area (Å²) in [5.74, 6) is 7.08. The van der Waals surface area contributed by atoms with Crippen molar-refractivity contribution in [1.82, 2.24) is 5.43 Å². The first-order valence-corrected chi connectivity index (χ1v) is 5.99. The third-order valence-electron chi connectivity index (χ3n) is 1.67. The summed E-state index contributed by atoms with van der Waals surface area (Å²) in [6.45, 7) is 0. The molecule has 0 aromatic carbocycles. The Morgan fingerprint density at radius 3 is 3.09 bits per heavy atom. The van der Waals surface area contributed by atoms with Gasteiger partial charge in [0.05, 0.1) is 0 Å². The fourth-order valence-corrected chi connectivity index (χ4v) is 2.25. The van der Waals surface area contributed by atoms with Crippen molar-refractivity contribution < 1.29 is 0 Å². The highest BCUT2D eigenvalue weighted by molar-refractivity contribution is 8.43. The Labute approximate surface area is 73.6 Å². The fourth-order valence-electron chi connectivity index (χ4n) is 1.02. The van der Waals surface area contributed by atoms with Gasteiger partial charge in [0.2, 0.25) is 0 Å². The van der Waals surface area contributed by atoms with E-state index >= 15 is 0 Å². The van der Waals surface area contributed by atoms with E-state index in [9.17, 15) is 0 Å². The quantitative estimate of drug-likeness (QED) is 0.400. The van der Waals surface area contributed by atoms with Gasteiger partial charge in [0.25, 0.3) is 0 Å². The van der Waals surface area contributed by atoms with Crippen molar-refractivity contribution in [2.45, 2.75) is 6.42 Å². The average Bonchev–Trinajstić information content (AvgIpc) is 2.07. The molecule has 0 amide bonds. The van der Waals surface area contributed by atoms with Crippen molar-refractivity contribution in [2.24, 2.45) is 11.8 Å². The largest absolute Gasteiger partial charge is 0.324 e. The normalized spacial score (nSPS) is 23.1. The molecule has 0 fully saturated rings. The van der Waals surface area contributed by atoms with Crippen LogP contribution >= 0.6 is 19.8 Å². The highest BCUT2D eigenvalue weighted by Crippen LogP contribution is 2.22. The highest BCUT2D eigenvalue weighted by Gasteiger charge is 2.06. The smallest absolute Gasteiger partial charge is 0.0442 e. The number of rotatable bonds is 3. The summed E-state index contributed by atoms with van der Waals surface area (Å²) in [5.41, 5.74) is 3.65. The molecule has 2 atom stereocenters. The summed E-state index contributed by atoms with van der Waals surface area (Å²) < 4.78 is 0. The molecular weight excluding hydrogens is 175 g/mol. The second kappa shape index (κ2) is 4.81. The number of hydrazine groups is 1. The van der Waals surface area contributed by atoms with E-state index in [1.54, 1.807) is 11.4 Å². The number of allylic oxidation sites excluding steroid dienone is 3. The first-order valence-electron chi connectivity index (χ1n) is 3.53. The summed E-state index contributed by atoms with van der Waals surface area (Å²) in [7, 11) is 2.67. The number of hydrogen-bond donors (Lipinski definition) is 2. The van der Waals surface area contributed by atoms with Crippen molar-refractivity contribution in [2.75, 3.05) is 5.75 Å². The van der Waals surface area contributed by atoms with Gasteiger partial charge >= 0.3 is 0 Å². The Balaban J connectivity index is 2.37. The Kier molecular flexibility index (Phi) is 3.98. The van der Waals surface area contributed by atoms with Crippen LogP contribution in [-0.4, -0.2) is 5.75 Å². The van der Waals surface area contributed by atoms with Crippen molar-refractivity contribution in [3.05, 3.63) is 23.9 Å². The van der Waals surface area contributed by atoms with Crippen LogP contribution in [0.15, 0.2) is 23.9 Å². The van der Waals surface area contributed by atoms with Crippen molar-refractivity contribution >= 4 is 19.8 Å². The van der Waals surface area contributed by atoms with Crippen LogP contribution in [-0.2, 0) is 0 Å². The zero-order valence-corrected chi connectivity index (χ0v) is 8.26. The number of nitrogens with one attached hydrogen (secondary N) is 1. The first-order chi connectivity index (χ1) is 5.36. The zero-order valence-electron chi connectivity index (χ0n) is 6.29. The monoisotopic (exact) mass is 188 g/mol. The molecule has 62 valence electrons. The van der Waals surface area contributed by atoms with Crippen molar-refractivity contribution in [3.63, 3.8) is 0 Å². The van der Waals surface area contributed by atoms with Gasteiger partial charge in [0.1, 0.15) is 0 Å². The second-order valence-corrected chi connectivity index (χ2v) is 4.16. The van der Waals surface area contributed by atoms with E-state index in [2.05, 4.69) is 26.0 Å². The van der Waals surface area contributed by atoms with Gasteiger partial charge in [-0.2, -0.15) is 0 Å². The van der Waals surface area contributed by atoms with Gasteiger partial charge in [0, 0.05) is 11.4 Å². The zero-order chi connectivity index (χ0) is 8.10. The number of nitrogens with two attached hydrogens (primary N) is 1. The molecule has 3 N–H and O–H groups in total. The molecule has 4 heteroatoms. The van der Waals surface area contributed by atoms with E-state index in [0.29, 0.717) is 5.92 Å². The van der Waals surface area contributed by atoms with E-state index in [-0.39, 0.29) is 0 Å². The van der Waals surface area contributed by atoms with Crippen LogP contribution in [0.2, 0.25) is 0 Å². The maximum Gasteiger partial charge on any atom is 0.0442 e. The molecule has 1 aliphatic rings. The van der Waals surface area contributed by atoms with Gasteiger partial charge in [-0.25, -0.2) is 0 Å². The molecule has 2 nitrogen and oxygen atoms in total. The maximum absolute atomic E-state index is 5.24. The van der Waals surface area contributed by atoms with E-state index in [0.717, 1.165) is 17.9 Å². The molecule has 0 bridgehead atoms. The molecule has 1 aliphatic carbocycles. The van der Waals surface area contributed by atoms with Crippen molar-refractivity contribution in [1.29, 1.82) is 0 Å². The third-order valence-corrected chi connectivity index (χ3v) is 2.86. The predicted octanol–water partition coefficient (Wildman–Crippen LogP) is 1.43. The highest BCUT2D eigenvalue weighted by atomic mass is 32.7. The Morgan fingerprint density at radius 2 is 2.64 bits per heavy atom. The molecule has 0 saturated heterocycles. The standard InChI is InChI=1S/C7H13N2PS/c8-9-7-3-1-6(2-4-7)5-11-10/h1,3-4,6,9H,2,5,8,10H2. The fraction of sp³-hybridized carbons (Fsp3) is 0.429. The van der Waals surface area contributed by atoms with Gasteiger partial charge in [-0.1, -0.05) is 20.6 Å². The predicted molar refractivity (Wildman–Crippen MR) is 54.8 cm³/mol. The second-order valence-electron chi connectivity index (χ2n) is 2.49. The lowest BCUT2D eigenvalue weighted by Crippen LogP contribution is -2.21. The Bertz CT molecular complexity index is 179. The molecule has 0 heterocycles. The molecule has 0 aliphatic heterocycles. The van der Waals surface area contributed by atoms with Crippen LogP contribution in [0.5, 0.6) is 0 Å². The van der Waals surface area contributed by atoms with Crippen LogP contribution in [0.1, 0.15) is 6.42 Å². The summed E-state index contributed by atoms with van der Waals surface area (Å²) in [6.07, 6.45) is 7.46. The molecular formula is C7H13N2PS. The lowest BCUT2D eigenvalue weighted by Gasteiger charge is -2.13. The van der Waals surface area contributed by atoms with Crippen LogP contribution in [0.3, 0.4) is 0 Å². The van der Waals surface area contributed by atoms with Crippen LogP contribution in [0, 0.1) is 5.92 Å². The van der Waals surface area contributed by atoms with Crippen LogP contribution in [0.25, 0.3) is 0 Å². The van der Waals surface area contributed by atoms with E-state index in [1.807, 2.05) is 6.08 Å². The average molecular weight is 188 g/mol. The third kappa shape index (κ3) is 2.86. The molecule has 0 aromatic heterocycles. The Hall–Kier alpha value is 0.0200. The molecule has 0 radical (unpaired) electrons. The van der Waals surface area contributed by atoms with Gasteiger partial charge in [-0.15, -0.1) is 11.4 Å². The minimum atomic E-state index is 0.676. The summed E-state index contributed by atoms with van der Waals surface area (Å²) in [4.78, 5) is 0. The molecule has 0 saturated carbocycles. The van der Waals surface area contributed by atoms with E-state index in [1.165, 1.54) is 0 Å². The van der Waals surface area contributed by atoms with E-state index < -0.39 is 0 Å². The van der Waals surface area contributed by atoms with Gasteiger partial charge in [-0.3, -0.25) is 5.84 Å². The van der Waals surface area contributed by atoms with Crippen molar-refractivity contribution in [3.8, 4) is 0 Å². The molecule has 0 spiro atoms. The topological polar surface area (TPSA) is 38.0 Å². The number of hydrogen-bond acceptors (Lipinski definition) is 3. The Morgan fingerprint density at radius 1 is 1.82 bits per heavy atom. The van der Waals surface area contributed by atoms with Gasteiger partial charge in [0.15, 0.2) is 0 Å². The van der Waals surface area contributed by atoms with Crippen LogP contribution in [0.4, 0.5) is 0 Å². The van der Waals surface area contributed by atoms with Gasteiger partial charge < -0.3 is 5.43 Å². The SMILES string of the molecule is NNC1=CCC(CSP)C=C1. The first kappa shape index (κ1) is 9.11. The van der Waals surface area contributed by atoms with Gasteiger partial charge in [-0.05, 0) is 18.4 Å². The lowest BCUT2D eigenvalue weighted by atomic mass is 10.0. The minimum absolute atomic E-state index is 0.676. The summed E-state index contributed by atoms with van der Waals surface area (Å²) >= 11 is 1.80. The van der Waals surface area contributed by atoms with E-state index in [4.69, 9.17) is 5.84 Å².